The first kappa shape index (κ1) is 31.1. The van der Waals surface area contributed by atoms with Gasteiger partial charge in [0.25, 0.3) is 0 Å². The molecule has 3 atom stereocenters. The summed E-state index contributed by atoms with van der Waals surface area (Å²) in [6, 6.07) is 18.9. The van der Waals surface area contributed by atoms with E-state index in [-0.39, 0.29) is 48.6 Å². The van der Waals surface area contributed by atoms with Crippen LogP contribution in [0.1, 0.15) is 57.6 Å². The molecule has 0 aliphatic heterocycles. The molecule has 2 rings (SSSR count). The summed E-state index contributed by atoms with van der Waals surface area (Å²) in [7, 11) is 3.66. The number of hydrogen-bond acceptors (Lipinski definition) is 5. The van der Waals surface area contributed by atoms with Gasteiger partial charge in [-0.15, -0.1) is 0 Å². The van der Waals surface area contributed by atoms with Gasteiger partial charge in [-0.25, -0.2) is 0 Å². The molecule has 0 saturated carbocycles. The van der Waals surface area contributed by atoms with Crippen LogP contribution in [0.25, 0.3) is 0 Å². The summed E-state index contributed by atoms with van der Waals surface area (Å²) in [5.74, 6) is -1.24. The molecule has 6 nitrogen and oxygen atoms in total. The van der Waals surface area contributed by atoms with Crippen LogP contribution in [0.2, 0.25) is 0 Å². The molecule has 0 radical (unpaired) electrons. The number of carbonyl (C=O) groups excluding carboxylic acids is 4. The van der Waals surface area contributed by atoms with E-state index in [9.17, 15) is 19.2 Å². The van der Waals surface area contributed by atoms with E-state index in [1.165, 1.54) is 6.92 Å². The molecule has 2 aromatic rings. The number of nitrogens with one attached hydrogen (secondary N) is 1. The lowest BCUT2D eigenvalue weighted by atomic mass is 9.87. The second-order valence-electron chi connectivity index (χ2n) is 11.1. The van der Waals surface area contributed by atoms with E-state index >= 15 is 0 Å². The zero-order chi connectivity index (χ0) is 28.1. The Balaban J connectivity index is 2.15. The van der Waals surface area contributed by atoms with Crippen molar-refractivity contribution >= 4 is 23.3 Å². The standard InChI is InChI=1S/C32H44N2O4/c1-23(2)18-30(31(37)21-28(24(3)35)19-26-14-10-7-11-15-26)33-32(38)27(20-29(36)22-34(4)5)17-16-25-12-8-6-9-13-25/h6-15,23,27-28,30H,16-22H2,1-5H3,(H,33,38)/t27-,28-,30+/m1/s1. The molecular weight excluding hydrogens is 476 g/mol. The van der Waals surface area contributed by atoms with E-state index in [0.29, 0.717) is 25.7 Å². The average Bonchev–Trinajstić information content (AvgIpc) is 2.86. The van der Waals surface area contributed by atoms with Crippen molar-refractivity contribution in [2.75, 3.05) is 20.6 Å². The summed E-state index contributed by atoms with van der Waals surface area (Å²) in [4.78, 5) is 53.8. The molecule has 0 spiro atoms. The van der Waals surface area contributed by atoms with Gasteiger partial charge in [0, 0.05) is 24.7 Å². The molecule has 0 aliphatic rings. The summed E-state index contributed by atoms with van der Waals surface area (Å²) in [6.07, 6.45) is 2.36. The fraction of sp³-hybridized carbons (Fsp3) is 0.500. The Morgan fingerprint density at radius 3 is 1.92 bits per heavy atom. The van der Waals surface area contributed by atoms with Crippen molar-refractivity contribution in [3.05, 3.63) is 71.8 Å². The molecule has 206 valence electrons. The van der Waals surface area contributed by atoms with Crippen LogP contribution in [-0.2, 0) is 32.0 Å². The van der Waals surface area contributed by atoms with E-state index in [1.807, 2.05) is 88.6 Å². The highest BCUT2D eigenvalue weighted by Crippen LogP contribution is 2.20. The molecule has 38 heavy (non-hydrogen) atoms. The minimum Gasteiger partial charge on any atom is -0.346 e. The second kappa shape index (κ2) is 16.0. The molecule has 0 bridgehead atoms. The highest BCUT2D eigenvalue weighted by atomic mass is 16.2. The zero-order valence-electron chi connectivity index (χ0n) is 23.6. The van der Waals surface area contributed by atoms with Crippen LogP contribution < -0.4 is 5.32 Å². The van der Waals surface area contributed by atoms with E-state index in [0.717, 1.165) is 11.1 Å². The Hall–Kier alpha value is -3.12. The number of likely N-dealkylation sites (N-methyl/N-ethyl adjacent to an activating group) is 1. The fourth-order valence-electron chi connectivity index (χ4n) is 4.68. The monoisotopic (exact) mass is 520 g/mol. The van der Waals surface area contributed by atoms with Gasteiger partial charge in [0.05, 0.1) is 12.6 Å². The number of carbonyl (C=O) groups is 4. The van der Waals surface area contributed by atoms with E-state index in [1.54, 1.807) is 4.90 Å². The minimum absolute atomic E-state index is 0.00514. The maximum Gasteiger partial charge on any atom is 0.224 e. The molecular formula is C32H44N2O4. The summed E-state index contributed by atoms with van der Waals surface area (Å²) in [5, 5.41) is 2.99. The van der Waals surface area contributed by atoms with Crippen molar-refractivity contribution in [3.63, 3.8) is 0 Å². The Morgan fingerprint density at radius 1 is 0.816 bits per heavy atom. The summed E-state index contributed by atoms with van der Waals surface area (Å²) >= 11 is 0. The van der Waals surface area contributed by atoms with Gasteiger partial charge in [-0.3, -0.25) is 19.2 Å². The fourth-order valence-corrected chi connectivity index (χ4v) is 4.68. The number of hydrogen-bond donors (Lipinski definition) is 1. The molecule has 0 fully saturated rings. The van der Waals surface area contributed by atoms with Crippen molar-refractivity contribution in [2.45, 2.75) is 65.3 Å². The summed E-state index contributed by atoms with van der Waals surface area (Å²) in [5.41, 5.74) is 2.11. The lowest BCUT2D eigenvalue weighted by Gasteiger charge is -2.25. The van der Waals surface area contributed by atoms with E-state index < -0.39 is 17.9 Å². The van der Waals surface area contributed by atoms with Crippen molar-refractivity contribution in [1.82, 2.24) is 10.2 Å². The quantitative estimate of drug-likeness (QED) is 0.327. The maximum atomic E-state index is 13.5. The lowest BCUT2D eigenvalue weighted by molar-refractivity contribution is -0.134. The number of rotatable bonds is 17. The van der Waals surface area contributed by atoms with Crippen LogP contribution in [0.4, 0.5) is 0 Å². The first-order valence-electron chi connectivity index (χ1n) is 13.6. The molecule has 0 unspecified atom stereocenters. The third-order valence-electron chi connectivity index (χ3n) is 6.72. The molecule has 0 aliphatic carbocycles. The van der Waals surface area contributed by atoms with Gasteiger partial charge in [0.15, 0.2) is 5.78 Å². The highest BCUT2D eigenvalue weighted by Gasteiger charge is 2.30. The molecule has 0 saturated heterocycles. The van der Waals surface area contributed by atoms with Crippen molar-refractivity contribution in [3.8, 4) is 0 Å². The van der Waals surface area contributed by atoms with Gasteiger partial charge < -0.3 is 10.2 Å². The van der Waals surface area contributed by atoms with Gasteiger partial charge in [0.2, 0.25) is 5.91 Å². The molecule has 0 heterocycles. The molecule has 0 aromatic heterocycles. The maximum absolute atomic E-state index is 13.5. The first-order chi connectivity index (χ1) is 18.0. The minimum atomic E-state index is -0.691. The Morgan fingerprint density at radius 2 is 1.39 bits per heavy atom. The van der Waals surface area contributed by atoms with Gasteiger partial charge in [-0.2, -0.15) is 0 Å². The average molecular weight is 521 g/mol. The SMILES string of the molecule is CC(=O)[C@@H](CC(=O)[C@H](CC(C)C)NC(=O)[C@H](CCc1ccccc1)CC(=O)CN(C)C)Cc1ccccc1. The Bertz CT molecular complexity index is 1030. The number of Topliss-reactive ketones (excluding diaryl/α,β-unsaturated/α-hetero) is 3. The highest BCUT2D eigenvalue weighted by molar-refractivity contribution is 5.94. The van der Waals surface area contributed by atoms with Crippen molar-refractivity contribution in [1.29, 1.82) is 0 Å². The molecule has 2 aromatic carbocycles. The van der Waals surface area contributed by atoms with Gasteiger partial charge in [-0.05, 0) is 63.7 Å². The number of aryl methyl sites for hydroxylation is 1. The lowest BCUT2D eigenvalue weighted by Crippen LogP contribution is -2.46. The van der Waals surface area contributed by atoms with Crippen LogP contribution in [-0.4, -0.2) is 54.8 Å². The Labute approximate surface area is 228 Å². The van der Waals surface area contributed by atoms with Crippen LogP contribution in [0.5, 0.6) is 0 Å². The number of ketones is 3. The van der Waals surface area contributed by atoms with Gasteiger partial charge >= 0.3 is 0 Å². The van der Waals surface area contributed by atoms with Crippen molar-refractivity contribution in [2.24, 2.45) is 17.8 Å². The van der Waals surface area contributed by atoms with Gasteiger partial charge in [-0.1, -0.05) is 74.5 Å². The predicted octanol–water partition coefficient (Wildman–Crippen LogP) is 4.69. The summed E-state index contributed by atoms with van der Waals surface area (Å²) in [6.45, 7) is 5.80. The van der Waals surface area contributed by atoms with Crippen molar-refractivity contribution < 1.29 is 19.2 Å². The molecule has 1 N–H and O–H groups in total. The normalized spacial score (nSPS) is 13.7. The topological polar surface area (TPSA) is 83.5 Å². The predicted molar refractivity (Wildman–Crippen MR) is 152 cm³/mol. The van der Waals surface area contributed by atoms with Crippen LogP contribution >= 0.6 is 0 Å². The smallest absolute Gasteiger partial charge is 0.224 e. The Kier molecular flexibility index (Phi) is 13.1. The number of nitrogens with zero attached hydrogens (tertiary/aromatic N) is 1. The van der Waals surface area contributed by atoms with Crippen LogP contribution in [0.3, 0.4) is 0 Å². The third-order valence-corrected chi connectivity index (χ3v) is 6.72. The van der Waals surface area contributed by atoms with Crippen LogP contribution in [0, 0.1) is 17.8 Å². The first-order valence-corrected chi connectivity index (χ1v) is 13.6. The number of amides is 1. The third kappa shape index (κ3) is 11.5. The summed E-state index contributed by atoms with van der Waals surface area (Å²) < 4.78 is 0. The largest absolute Gasteiger partial charge is 0.346 e. The second-order valence-corrected chi connectivity index (χ2v) is 11.1. The van der Waals surface area contributed by atoms with E-state index in [4.69, 9.17) is 0 Å². The zero-order valence-corrected chi connectivity index (χ0v) is 23.6. The molecule has 1 amide bonds. The van der Waals surface area contributed by atoms with E-state index in [2.05, 4.69) is 5.32 Å². The molecule has 6 heteroatoms. The van der Waals surface area contributed by atoms with Gasteiger partial charge in [0.1, 0.15) is 11.6 Å². The van der Waals surface area contributed by atoms with Crippen LogP contribution in [0.15, 0.2) is 60.7 Å². The number of benzene rings is 2.